The van der Waals surface area contributed by atoms with Crippen LogP contribution < -0.4 is 5.32 Å². The van der Waals surface area contributed by atoms with Crippen LogP contribution in [0.5, 0.6) is 0 Å². The van der Waals surface area contributed by atoms with Crippen LogP contribution in [0.25, 0.3) is 11.0 Å². The molecular formula is C15H20ClF3N4. The van der Waals surface area contributed by atoms with Gasteiger partial charge in [0.2, 0.25) is 0 Å². The lowest BCUT2D eigenvalue weighted by atomic mass is 10.2. The number of fused-ring (bicyclic) bond motifs is 1. The van der Waals surface area contributed by atoms with Gasteiger partial charge in [-0.1, -0.05) is 0 Å². The molecule has 0 radical (unpaired) electrons. The number of aryl methyl sites for hydroxylation is 1. The number of hydrogen-bond donors (Lipinski definition) is 1. The van der Waals surface area contributed by atoms with E-state index in [0.717, 1.165) is 56.1 Å². The largest absolute Gasteiger partial charge is 0.416 e. The fraction of sp³-hybridized carbons (Fsp3) is 0.533. The Kier molecular flexibility index (Phi) is 5.54. The summed E-state index contributed by atoms with van der Waals surface area (Å²) < 4.78 is 40.3. The van der Waals surface area contributed by atoms with Gasteiger partial charge in [-0.05, 0) is 37.7 Å². The molecule has 1 saturated heterocycles. The molecule has 0 spiro atoms. The molecule has 23 heavy (non-hydrogen) atoms. The van der Waals surface area contributed by atoms with Crippen molar-refractivity contribution in [2.45, 2.75) is 19.1 Å². The van der Waals surface area contributed by atoms with Gasteiger partial charge in [-0.3, -0.25) is 4.90 Å². The number of hydrogen-bond acceptors (Lipinski definition) is 3. The molecule has 1 aliphatic heterocycles. The van der Waals surface area contributed by atoms with E-state index in [1.807, 2.05) is 11.6 Å². The van der Waals surface area contributed by atoms with E-state index in [4.69, 9.17) is 0 Å². The highest BCUT2D eigenvalue weighted by Crippen LogP contribution is 2.31. The average molecular weight is 349 g/mol. The normalized spacial score (nSPS) is 17.0. The summed E-state index contributed by atoms with van der Waals surface area (Å²) in [5, 5.41) is 3.33. The minimum atomic E-state index is -4.33. The smallest absolute Gasteiger partial charge is 0.330 e. The van der Waals surface area contributed by atoms with Crippen LogP contribution in [0.4, 0.5) is 13.2 Å². The SMILES string of the molecule is Cl.Cn1c(CN2CCCNCC2)nc2cc(C(F)(F)F)ccc21. The minimum Gasteiger partial charge on any atom is -0.330 e. The molecule has 4 nitrogen and oxygen atoms in total. The Morgan fingerprint density at radius 2 is 2.00 bits per heavy atom. The van der Waals surface area contributed by atoms with E-state index in [-0.39, 0.29) is 12.4 Å². The fourth-order valence-corrected chi connectivity index (χ4v) is 2.83. The zero-order valence-corrected chi connectivity index (χ0v) is 13.7. The average Bonchev–Trinajstić information content (AvgIpc) is 2.65. The predicted molar refractivity (Wildman–Crippen MR) is 85.7 cm³/mol. The second-order valence-electron chi connectivity index (χ2n) is 5.67. The second-order valence-corrected chi connectivity index (χ2v) is 5.67. The number of alkyl halides is 3. The monoisotopic (exact) mass is 348 g/mol. The van der Waals surface area contributed by atoms with Gasteiger partial charge in [-0.2, -0.15) is 13.2 Å². The van der Waals surface area contributed by atoms with E-state index >= 15 is 0 Å². The quantitative estimate of drug-likeness (QED) is 0.906. The van der Waals surface area contributed by atoms with Gasteiger partial charge in [0.25, 0.3) is 0 Å². The second kappa shape index (κ2) is 7.07. The first-order valence-corrected chi connectivity index (χ1v) is 7.41. The highest BCUT2D eigenvalue weighted by molar-refractivity contribution is 5.85. The zero-order chi connectivity index (χ0) is 15.7. The standard InChI is InChI=1S/C15H19F3N4.ClH/c1-21-13-4-3-11(15(16,17)18)9-12(13)20-14(21)10-22-7-2-5-19-6-8-22;/h3-4,9,19H,2,5-8,10H2,1H3;1H. The molecule has 2 aromatic rings. The maximum atomic E-state index is 12.8. The van der Waals surface area contributed by atoms with E-state index in [2.05, 4.69) is 15.2 Å². The first-order chi connectivity index (χ1) is 10.4. The number of nitrogens with one attached hydrogen (secondary N) is 1. The number of rotatable bonds is 2. The number of aromatic nitrogens is 2. The highest BCUT2D eigenvalue weighted by atomic mass is 35.5. The molecule has 128 valence electrons. The molecule has 0 saturated carbocycles. The molecule has 0 aliphatic carbocycles. The lowest BCUT2D eigenvalue weighted by Crippen LogP contribution is -2.28. The van der Waals surface area contributed by atoms with Crippen LogP contribution in [0.3, 0.4) is 0 Å². The van der Waals surface area contributed by atoms with Crippen LogP contribution in [0.2, 0.25) is 0 Å². The molecule has 8 heteroatoms. The van der Waals surface area contributed by atoms with Gasteiger partial charge in [0.05, 0.1) is 23.1 Å². The van der Waals surface area contributed by atoms with Crippen molar-refractivity contribution in [2.24, 2.45) is 7.05 Å². The topological polar surface area (TPSA) is 33.1 Å². The summed E-state index contributed by atoms with van der Waals surface area (Å²) in [6.45, 7) is 4.51. The first-order valence-electron chi connectivity index (χ1n) is 7.41. The summed E-state index contributed by atoms with van der Waals surface area (Å²) in [6.07, 6.45) is -3.26. The number of nitrogens with zero attached hydrogens (tertiary/aromatic N) is 3. The van der Waals surface area contributed by atoms with Gasteiger partial charge in [0, 0.05) is 20.1 Å². The first kappa shape index (κ1) is 18.0. The Bertz CT molecular complexity index is 661. The van der Waals surface area contributed by atoms with Crippen molar-refractivity contribution in [1.82, 2.24) is 19.8 Å². The van der Waals surface area contributed by atoms with Crippen LogP contribution in [-0.2, 0) is 19.8 Å². The molecule has 0 amide bonds. The van der Waals surface area contributed by atoms with E-state index < -0.39 is 11.7 Å². The lowest BCUT2D eigenvalue weighted by molar-refractivity contribution is -0.137. The van der Waals surface area contributed by atoms with Crippen molar-refractivity contribution in [3.05, 3.63) is 29.6 Å². The van der Waals surface area contributed by atoms with Crippen molar-refractivity contribution in [3.8, 4) is 0 Å². The molecule has 3 rings (SSSR count). The summed E-state index contributed by atoms with van der Waals surface area (Å²) in [7, 11) is 1.86. The summed E-state index contributed by atoms with van der Waals surface area (Å²) in [5.41, 5.74) is 0.486. The van der Waals surface area contributed by atoms with E-state index in [9.17, 15) is 13.2 Å². The van der Waals surface area contributed by atoms with E-state index in [1.54, 1.807) is 0 Å². The minimum absolute atomic E-state index is 0. The third-order valence-corrected chi connectivity index (χ3v) is 4.10. The molecule has 1 aromatic carbocycles. The van der Waals surface area contributed by atoms with Gasteiger partial charge in [-0.15, -0.1) is 12.4 Å². The van der Waals surface area contributed by atoms with Gasteiger partial charge < -0.3 is 9.88 Å². The van der Waals surface area contributed by atoms with Gasteiger partial charge in [0.1, 0.15) is 5.82 Å². The number of benzene rings is 1. The summed E-state index contributed by atoms with van der Waals surface area (Å²) in [5.74, 6) is 0.802. The molecule has 1 fully saturated rings. The Hall–Kier alpha value is -1.31. The third kappa shape index (κ3) is 3.97. The third-order valence-electron chi connectivity index (χ3n) is 4.10. The summed E-state index contributed by atoms with van der Waals surface area (Å²) in [4.78, 5) is 6.70. The van der Waals surface area contributed by atoms with Crippen molar-refractivity contribution >= 4 is 23.4 Å². The predicted octanol–water partition coefficient (Wildman–Crippen LogP) is 2.81. The molecule has 1 aliphatic rings. The van der Waals surface area contributed by atoms with Crippen LogP contribution in [0.15, 0.2) is 18.2 Å². The van der Waals surface area contributed by atoms with Gasteiger partial charge >= 0.3 is 6.18 Å². The molecule has 0 atom stereocenters. The lowest BCUT2D eigenvalue weighted by Gasteiger charge is -2.18. The van der Waals surface area contributed by atoms with E-state index in [0.29, 0.717) is 12.1 Å². The summed E-state index contributed by atoms with van der Waals surface area (Å²) >= 11 is 0. The number of halogens is 4. The van der Waals surface area contributed by atoms with Gasteiger partial charge in [0.15, 0.2) is 0 Å². The Morgan fingerprint density at radius 1 is 1.22 bits per heavy atom. The Balaban J connectivity index is 0.00000192. The molecule has 0 bridgehead atoms. The Morgan fingerprint density at radius 3 is 2.74 bits per heavy atom. The molecule has 1 N–H and O–H groups in total. The van der Waals surface area contributed by atoms with Crippen LogP contribution in [0.1, 0.15) is 17.8 Å². The Labute approximate surface area is 139 Å². The van der Waals surface area contributed by atoms with Crippen molar-refractivity contribution in [2.75, 3.05) is 26.2 Å². The van der Waals surface area contributed by atoms with Crippen LogP contribution in [0, 0.1) is 0 Å². The highest BCUT2D eigenvalue weighted by Gasteiger charge is 2.31. The maximum Gasteiger partial charge on any atom is 0.416 e. The van der Waals surface area contributed by atoms with Crippen molar-refractivity contribution in [1.29, 1.82) is 0 Å². The van der Waals surface area contributed by atoms with Gasteiger partial charge in [-0.25, -0.2) is 4.98 Å². The van der Waals surface area contributed by atoms with Crippen LogP contribution in [-0.4, -0.2) is 40.6 Å². The van der Waals surface area contributed by atoms with Crippen molar-refractivity contribution < 1.29 is 13.2 Å². The maximum absolute atomic E-state index is 12.8. The summed E-state index contributed by atoms with van der Waals surface area (Å²) in [6, 6.07) is 3.74. The molecule has 1 aromatic heterocycles. The van der Waals surface area contributed by atoms with E-state index in [1.165, 1.54) is 6.07 Å². The zero-order valence-electron chi connectivity index (χ0n) is 12.9. The molecule has 2 heterocycles. The number of imidazole rings is 1. The van der Waals surface area contributed by atoms with Crippen LogP contribution >= 0.6 is 12.4 Å². The fourth-order valence-electron chi connectivity index (χ4n) is 2.83. The molecule has 0 unspecified atom stereocenters. The molecular weight excluding hydrogens is 329 g/mol. The van der Waals surface area contributed by atoms with Crippen molar-refractivity contribution in [3.63, 3.8) is 0 Å².